The van der Waals surface area contributed by atoms with Crippen LogP contribution in [0.25, 0.3) is 0 Å². The van der Waals surface area contributed by atoms with Crippen LogP contribution in [0.2, 0.25) is 0 Å². The smallest absolute Gasteiger partial charge is 0.247 e. The fourth-order valence-electron chi connectivity index (χ4n) is 3.64. The van der Waals surface area contributed by atoms with Gasteiger partial charge in [-0.2, -0.15) is 0 Å². The minimum absolute atomic E-state index is 0.0992. The summed E-state index contributed by atoms with van der Waals surface area (Å²) in [7, 11) is 2.00. The molecular formula is C22H28N2O. The number of aryl methyl sites for hydroxylation is 1. The van der Waals surface area contributed by atoms with Crippen molar-refractivity contribution in [2.75, 3.05) is 11.9 Å². The van der Waals surface area contributed by atoms with Crippen LogP contribution in [0.1, 0.15) is 49.3 Å². The number of benzene rings is 2. The zero-order chi connectivity index (χ0) is 17.6. The van der Waals surface area contributed by atoms with Gasteiger partial charge in [-0.3, -0.25) is 4.79 Å². The second kappa shape index (κ2) is 8.19. The minimum Gasteiger partial charge on any atom is -0.359 e. The Balaban J connectivity index is 1.85. The minimum atomic E-state index is -0.315. The first-order chi connectivity index (χ1) is 12.1. The Labute approximate surface area is 151 Å². The lowest BCUT2D eigenvalue weighted by Crippen LogP contribution is -2.44. The van der Waals surface area contributed by atoms with Crippen molar-refractivity contribution in [1.82, 2.24) is 5.32 Å². The molecule has 2 aromatic rings. The fourth-order valence-corrected chi connectivity index (χ4v) is 3.64. The molecule has 0 bridgehead atoms. The Bertz CT molecular complexity index is 675. The van der Waals surface area contributed by atoms with Crippen LogP contribution < -0.4 is 10.2 Å². The van der Waals surface area contributed by atoms with Crippen LogP contribution in [0.3, 0.4) is 0 Å². The zero-order valence-corrected chi connectivity index (χ0v) is 15.2. The van der Waals surface area contributed by atoms with Crippen molar-refractivity contribution in [1.29, 1.82) is 0 Å². The molecule has 2 aromatic carbocycles. The van der Waals surface area contributed by atoms with Crippen LogP contribution in [-0.2, 0) is 4.79 Å². The highest BCUT2D eigenvalue weighted by atomic mass is 16.2. The number of para-hydroxylation sites is 1. The van der Waals surface area contributed by atoms with Crippen molar-refractivity contribution >= 4 is 11.6 Å². The Hall–Kier alpha value is -2.29. The molecule has 0 aromatic heterocycles. The third-order valence-corrected chi connectivity index (χ3v) is 5.14. The van der Waals surface area contributed by atoms with Crippen molar-refractivity contribution in [3.05, 3.63) is 65.7 Å². The predicted molar refractivity (Wildman–Crippen MR) is 104 cm³/mol. The average molecular weight is 336 g/mol. The molecule has 1 fully saturated rings. The predicted octanol–water partition coefficient (Wildman–Crippen LogP) is 4.62. The lowest BCUT2D eigenvalue weighted by molar-refractivity contribution is -0.123. The van der Waals surface area contributed by atoms with Gasteiger partial charge in [-0.15, -0.1) is 0 Å². The first-order valence-electron chi connectivity index (χ1n) is 9.30. The van der Waals surface area contributed by atoms with Gasteiger partial charge in [0.2, 0.25) is 5.91 Å². The maximum atomic E-state index is 13.2. The van der Waals surface area contributed by atoms with E-state index < -0.39 is 0 Å². The van der Waals surface area contributed by atoms with Crippen molar-refractivity contribution in [3.63, 3.8) is 0 Å². The Morgan fingerprint density at radius 2 is 1.64 bits per heavy atom. The number of carbonyl (C=O) groups is 1. The third kappa shape index (κ3) is 4.41. The van der Waals surface area contributed by atoms with Gasteiger partial charge in [-0.25, -0.2) is 0 Å². The van der Waals surface area contributed by atoms with Crippen LogP contribution in [0.15, 0.2) is 54.6 Å². The molecule has 1 N–H and O–H groups in total. The summed E-state index contributed by atoms with van der Waals surface area (Å²) in [6.07, 6.45) is 5.92. The maximum absolute atomic E-state index is 13.2. The molecule has 1 aliphatic rings. The molecule has 0 heterocycles. The van der Waals surface area contributed by atoms with Gasteiger partial charge >= 0.3 is 0 Å². The molecule has 3 heteroatoms. The maximum Gasteiger partial charge on any atom is 0.247 e. The lowest BCUT2D eigenvalue weighted by atomic mass is 9.94. The summed E-state index contributed by atoms with van der Waals surface area (Å²) in [6, 6.07) is 18.4. The van der Waals surface area contributed by atoms with E-state index in [9.17, 15) is 4.79 Å². The largest absolute Gasteiger partial charge is 0.359 e. The molecule has 0 saturated heterocycles. The number of carbonyl (C=O) groups excluding carboxylic acids is 1. The van der Waals surface area contributed by atoms with E-state index in [2.05, 4.69) is 53.5 Å². The summed E-state index contributed by atoms with van der Waals surface area (Å²) in [5, 5.41) is 3.30. The molecule has 25 heavy (non-hydrogen) atoms. The molecule has 1 amide bonds. The number of anilines is 1. The average Bonchev–Trinajstić information content (AvgIpc) is 2.65. The summed E-state index contributed by atoms with van der Waals surface area (Å²) in [5.74, 6) is 0.0992. The number of nitrogens with zero attached hydrogens (tertiary/aromatic N) is 1. The Morgan fingerprint density at radius 3 is 2.28 bits per heavy atom. The number of likely N-dealkylation sites (N-methyl/N-ethyl adjacent to an activating group) is 1. The van der Waals surface area contributed by atoms with Crippen molar-refractivity contribution in [3.8, 4) is 0 Å². The molecule has 0 unspecified atom stereocenters. The first kappa shape index (κ1) is 17.5. The number of nitrogens with one attached hydrogen (secondary N) is 1. The van der Waals surface area contributed by atoms with E-state index in [1.54, 1.807) is 0 Å². The summed E-state index contributed by atoms with van der Waals surface area (Å²) in [4.78, 5) is 15.2. The molecule has 3 rings (SSSR count). The van der Waals surface area contributed by atoms with Gasteiger partial charge in [0.15, 0.2) is 0 Å². The summed E-state index contributed by atoms with van der Waals surface area (Å²) >= 11 is 0. The molecule has 0 radical (unpaired) electrons. The number of hydrogen-bond donors (Lipinski definition) is 1. The number of hydrogen-bond acceptors (Lipinski definition) is 2. The van der Waals surface area contributed by atoms with Crippen molar-refractivity contribution in [2.45, 2.75) is 51.1 Å². The Morgan fingerprint density at radius 1 is 1.00 bits per heavy atom. The van der Waals surface area contributed by atoms with E-state index >= 15 is 0 Å². The second-order valence-corrected chi connectivity index (χ2v) is 7.10. The third-order valence-electron chi connectivity index (χ3n) is 5.14. The quantitative estimate of drug-likeness (QED) is 0.864. The van der Waals surface area contributed by atoms with Gasteiger partial charge in [0.25, 0.3) is 0 Å². The zero-order valence-electron chi connectivity index (χ0n) is 15.2. The molecule has 1 atom stereocenters. The van der Waals surface area contributed by atoms with Crippen LogP contribution in [-0.4, -0.2) is 19.0 Å². The Kier molecular flexibility index (Phi) is 5.75. The molecule has 0 spiro atoms. The van der Waals surface area contributed by atoms with Crippen molar-refractivity contribution < 1.29 is 4.79 Å². The van der Waals surface area contributed by atoms with Gasteiger partial charge in [-0.05, 0) is 37.5 Å². The molecule has 0 aliphatic heterocycles. The molecule has 132 valence electrons. The number of rotatable bonds is 5. The summed E-state index contributed by atoms with van der Waals surface area (Å²) in [5.41, 5.74) is 3.29. The van der Waals surface area contributed by atoms with E-state index in [0.29, 0.717) is 6.04 Å². The van der Waals surface area contributed by atoms with Gasteiger partial charge < -0.3 is 10.2 Å². The van der Waals surface area contributed by atoms with E-state index in [1.807, 2.05) is 25.2 Å². The summed E-state index contributed by atoms with van der Waals surface area (Å²) in [6.45, 7) is 2.07. The van der Waals surface area contributed by atoms with E-state index in [-0.39, 0.29) is 11.9 Å². The van der Waals surface area contributed by atoms with Crippen LogP contribution in [0.5, 0.6) is 0 Å². The van der Waals surface area contributed by atoms with E-state index in [0.717, 1.165) is 24.1 Å². The van der Waals surface area contributed by atoms with Gasteiger partial charge in [0.1, 0.15) is 6.04 Å². The highest BCUT2D eigenvalue weighted by molar-refractivity contribution is 5.86. The van der Waals surface area contributed by atoms with E-state index in [4.69, 9.17) is 0 Å². The normalized spacial score (nSPS) is 16.2. The molecule has 1 saturated carbocycles. The lowest BCUT2D eigenvalue weighted by Gasteiger charge is -2.32. The van der Waals surface area contributed by atoms with Gasteiger partial charge in [0.05, 0.1) is 0 Å². The monoisotopic (exact) mass is 336 g/mol. The first-order valence-corrected chi connectivity index (χ1v) is 9.30. The highest BCUT2D eigenvalue weighted by Crippen LogP contribution is 2.27. The fraction of sp³-hybridized carbons (Fsp3) is 0.409. The topological polar surface area (TPSA) is 32.3 Å². The second-order valence-electron chi connectivity index (χ2n) is 7.10. The van der Waals surface area contributed by atoms with Crippen LogP contribution in [0, 0.1) is 6.92 Å². The molecule has 1 aliphatic carbocycles. The van der Waals surface area contributed by atoms with Crippen LogP contribution >= 0.6 is 0 Å². The summed E-state index contributed by atoms with van der Waals surface area (Å²) < 4.78 is 0. The standard InChI is InChI=1S/C22H28N2O/c1-17-13-15-18(16-14-17)21(24(2)20-11-7-4-8-12-20)22(25)23-19-9-5-3-6-10-19/h4,7-8,11-16,19,21H,3,5-6,9-10H2,1-2H3,(H,23,25)/t21-/m0/s1. The van der Waals surface area contributed by atoms with Crippen LogP contribution in [0.4, 0.5) is 5.69 Å². The molecule has 3 nitrogen and oxygen atoms in total. The van der Waals surface area contributed by atoms with Crippen molar-refractivity contribution in [2.24, 2.45) is 0 Å². The van der Waals surface area contributed by atoms with Gasteiger partial charge in [-0.1, -0.05) is 67.3 Å². The van der Waals surface area contributed by atoms with Gasteiger partial charge in [0, 0.05) is 18.8 Å². The SMILES string of the molecule is Cc1ccc([C@@H](C(=O)NC2CCCCC2)N(C)c2ccccc2)cc1. The highest BCUT2D eigenvalue weighted by Gasteiger charge is 2.27. The molecular weight excluding hydrogens is 308 g/mol. The van der Waals surface area contributed by atoms with E-state index in [1.165, 1.54) is 24.8 Å². The number of amides is 1.